The van der Waals surface area contributed by atoms with Crippen LogP contribution in [0.25, 0.3) is 11.1 Å². The molecule has 0 aliphatic heterocycles. The van der Waals surface area contributed by atoms with Crippen LogP contribution in [-0.2, 0) is 14.3 Å². The summed E-state index contributed by atoms with van der Waals surface area (Å²) < 4.78 is 10.2. The van der Waals surface area contributed by atoms with Crippen molar-refractivity contribution >= 4 is 12.1 Å². The largest absolute Gasteiger partial charge is 0.464 e. The van der Waals surface area contributed by atoms with Crippen LogP contribution in [0, 0.1) is 0 Å². The number of carbonyl (C=O) groups excluding carboxylic acids is 2. The molecule has 1 aliphatic carbocycles. The van der Waals surface area contributed by atoms with Crippen LogP contribution in [0.3, 0.4) is 0 Å². The highest BCUT2D eigenvalue weighted by molar-refractivity contribution is 5.82. The lowest BCUT2D eigenvalue weighted by molar-refractivity contribution is -0.148. The molecule has 0 heterocycles. The first-order valence-electron chi connectivity index (χ1n) is 8.99. The van der Waals surface area contributed by atoms with Crippen LogP contribution in [0.2, 0.25) is 0 Å². The van der Waals surface area contributed by atoms with Crippen molar-refractivity contribution in [3.8, 4) is 11.1 Å². The van der Waals surface area contributed by atoms with E-state index < -0.39 is 24.2 Å². The molecule has 1 amide bonds. The molecule has 2 aromatic carbocycles. The van der Waals surface area contributed by atoms with E-state index in [1.54, 1.807) is 6.92 Å². The number of rotatable bonds is 6. The molecule has 0 fully saturated rings. The maximum Gasteiger partial charge on any atom is 0.407 e. The SMILES string of the molecule is CCOC(=O)[C@@H](NC(=O)OCC1c2ccccc2-c2ccccc21)[C@@H](C)O. The van der Waals surface area contributed by atoms with E-state index in [-0.39, 0.29) is 19.1 Å². The van der Waals surface area contributed by atoms with Gasteiger partial charge in [-0.3, -0.25) is 0 Å². The first-order valence-corrected chi connectivity index (χ1v) is 8.99. The molecular formula is C21H23NO5. The molecule has 27 heavy (non-hydrogen) atoms. The Morgan fingerprint density at radius 3 is 2.11 bits per heavy atom. The summed E-state index contributed by atoms with van der Waals surface area (Å²) in [5, 5.41) is 12.1. The summed E-state index contributed by atoms with van der Waals surface area (Å²) in [5.41, 5.74) is 4.47. The van der Waals surface area contributed by atoms with Crippen molar-refractivity contribution in [3.63, 3.8) is 0 Å². The number of fused-ring (bicyclic) bond motifs is 3. The molecule has 0 aromatic heterocycles. The number of ether oxygens (including phenoxy) is 2. The summed E-state index contributed by atoms with van der Waals surface area (Å²) in [6, 6.07) is 14.9. The quantitative estimate of drug-likeness (QED) is 0.765. The van der Waals surface area contributed by atoms with Gasteiger partial charge in [0.2, 0.25) is 0 Å². The third kappa shape index (κ3) is 3.95. The van der Waals surface area contributed by atoms with E-state index in [4.69, 9.17) is 9.47 Å². The van der Waals surface area contributed by atoms with Gasteiger partial charge in [0, 0.05) is 5.92 Å². The lowest BCUT2D eigenvalue weighted by Gasteiger charge is -2.20. The van der Waals surface area contributed by atoms with Gasteiger partial charge in [-0.2, -0.15) is 0 Å². The van der Waals surface area contributed by atoms with Gasteiger partial charge in [0.1, 0.15) is 6.61 Å². The van der Waals surface area contributed by atoms with E-state index in [0.29, 0.717) is 0 Å². The zero-order chi connectivity index (χ0) is 19.4. The second kappa shape index (κ2) is 8.22. The van der Waals surface area contributed by atoms with Gasteiger partial charge >= 0.3 is 12.1 Å². The lowest BCUT2D eigenvalue weighted by Crippen LogP contribution is -2.48. The van der Waals surface area contributed by atoms with Gasteiger partial charge in [0.25, 0.3) is 0 Å². The minimum Gasteiger partial charge on any atom is -0.464 e. The second-order valence-electron chi connectivity index (χ2n) is 6.44. The number of nitrogens with one attached hydrogen (secondary N) is 1. The maximum atomic E-state index is 12.2. The average Bonchev–Trinajstić information content (AvgIpc) is 2.98. The Morgan fingerprint density at radius 1 is 1.04 bits per heavy atom. The molecule has 142 valence electrons. The van der Waals surface area contributed by atoms with E-state index in [0.717, 1.165) is 22.3 Å². The number of benzene rings is 2. The Balaban J connectivity index is 1.69. The van der Waals surface area contributed by atoms with Gasteiger partial charge in [-0.1, -0.05) is 48.5 Å². The van der Waals surface area contributed by atoms with Gasteiger partial charge in [-0.15, -0.1) is 0 Å². The van der Waals surface area contributed by atoms with E-state index in [2.05, 4.69) is 17.4 Å². The molecule has 0 unspecified atom stereocenters. The molecule has 0 saturated carbocycles. The number of aliphatic hydroxyl groups excluding tert-OH is 1. The molecular weight excluding hydrogens is 346 g/mol. The molecule has 1 aliphatic rings. The summed E-state index contributed by atoms with van der Waals surface area (Å²) in [5.74, 6) is -0.767. The highest BCUT2D eigenvalue weighted by Gasteiger charge is 2.31. The Hall–Kier alpha value is -2.86. The van der Waals surface area contributed by atoms with Gasteiger partial charge in [0.05, 0.1) is 12.7 Å². The fourth-order valence-electron chi connectivity index (χ4n) is 3.38. The normalized spacial score (nSPS) is 14.6. The summed E-state index contributed by atoms with van der Waals surface area (Å²) in [4.78, 5) is 24.1. The molecule has 0 spiro atoms. The number of hydrogen-bond donors (Lipinski definition) is 2. The van der Waals surface area contributed by atoms with Crippen molar-refractivity contribution < 1.29 is 24.2 Å². The smallest absolute Gasteiger partial charge is 0.407 e. The number of carbonyl (C=O) groups is 2. The zero-order valence-electron chi connectivity index (χ0n) is 15.3. The monoisotopic (exact) mass is 369 g/mol. The van der Waals surface area contributed by atoms with E-state index >= 15 is 0 Å². The predicted molar refractivity (Wildman–Crippen MR) is 100 cm³/mol. The number of alkyl carbamates (subject to hydrolysis) is 1. The molecule has 0 radical (unpaired) electrons. The first-order chi connectivity index (χ1) is 13.0. The van der Waals surface area contributed by atoms with Crippen LogP contribution in [0.5, 0.6) is 0 Å². The molecule has 2 atom stereocenters. The van der Waals surface area contributed by atoms with Gasteiger partial charge < -0.3 is 19.9 Å². The lowest BCUT2D eigenvalue weighted by atomic mass is 9.98. The Labute approximate surface area is 158 Å². The van der Waals surface area contributed by atoms with Crippen molar-refractivity contribution in [1.29, 1.82) is 0 Å². The minimum atomic E-state index is -1.17. The third-order valence-corrected chi connectivity index (χ3v) is 4.64. The third-order valence-electron chi connectivity index (χ3n) is 4.64. The second-order valence-corrected chi connectivity index (χ2v) is 6.44. The summed E-state index contributed by atoms with van der Waals surface area (Å²) >= 11 is 0. The first kappa shape index (κ1) is 18.9. The number of hydrogen-bond acceptors (Lipinski definition) is 5. The maximum absolute atomic E-state index is 12.2. The number of aliphatic hydroxyl groups is 1. The van der Waals surface area contributed by atoms with Crippen LogP contribution in [0.1, 0.15) is 30.9 Å². The van der Waals surface area contributed by atoms with E-state index in [1.807, 2.05) is 36.4 Å². The van der Waals surface area contributed by atoms with Crippen LogP contribution >= 0.6 is 0 Å². The number of amides is 1. The highest BCUT2D eigenvalue weighted by atomic mass is 16.6. The fourth-order valence-corrected chi connectivity index (χ4v) is 3.38. The van der Waals surface area contributed by atoms with E-state index in [9.17, 15) is 14.7 Å². The van der Waals surface area contributed by atoms with Crippen LogP contribution in [-0.4, -0.2) is 42.5 Å². The zero-order valence-corrected chi connectivity index (χ0v) is 15.3. The molecule has 2 aromatic rings. The topological polar surface area (TPSA) is 84.9 Å². The highest BCUT2D eigenvalue weighted by Crippen LogP contribution is 2.44. The van der Waals surface area contributed by atoms with Crippen molar-refractivity contribution in [2.75, 3.05) is 13.2 Å². The summed E-state index contributed by atoms with van der Waals surface area (Å²) in [6.45, 7) is 3.36. The molecule has 0 saturated heterocycles. The van der Waals surface area contributed by atoms with Crippen LogP contribution in [0.4, 0.5) is 4.79 Å². The summed E-state index contributed by atoms with van der Waals surface area (Å²) in [7, 11) is 0. The minimum absolute atomic E-state index is 0.0734. The van der Waals surface area contributed by atoms with Gasteiger partial charge in [0.15, 0.2) is 6.04 Å². The van der Waals surface area contributed by atoms with Crippen molar-refractivity contribution in [2.24, 2.45) is 0 Å². The predicted octanol–water partition coefficient (Wildman–Crippen LogP) is 2.84. The Morgan fingerprint density at radius 2 is 1.59 bits per heavy atom. The molecule has 6 nitrogen and oxygen atoms in total. The molecule has 0 bridgehead atoms. The van der Waals surface area contributed by atoms with Crippen LogP contribution < -0.4 is 5.32 Å². The van der Waals surface area contributed by atoms with Crippen molar-refractivity contribution in [2.45, 2.75) is 31.9 Å². The Kier molecular flexibility index (Phi) is 5.76. The van der Waals surface area contributed by atoms with E-state index in [1.165, 1.54) is 6.92 Å². The van der Waals surface area contributed by atoms with Crippen molar-refractivity contribution in [1.82, 2.24) is 5.32 Å². The fraction of sp³-hybridized carbons (Fsp3) is 0.333. The molecule has 2 N–H and O–H groups in total. The average molecular weight is 369 g/mol. The molecule has 6 heteroatoms. The van der Waals surface area contributed by atoms with Crippen LogP contribution in [0.15, 0.2) is 48.5 Å². The summed E-state index contributed by atoms with van der Waals surface area (Å²) in [6.07, 6.45) is -1.86. The molecule has 3 rings (SSSR count). The van der Waals surface area contributed by atoms with Gasteiger partial charge in [-0.25, -0.2) is 9.59 Å². The van der Waals surface area contributed by atoms with Crippen molar-refractivity contribution in [3.05, 3.63) is 59.7 Å². The number of esters is 1. The standard InChI is InChI=1S/C21H23NO5/c1-3-26-20(24)19(13(2)23)22-21(25)27-12-18-16-10-6-4-8-14(16)15-9-5-7-11-17(15)18/h4-11,13,18-19,23H,3,12H2,1-2H3,(H,22,25)/t13-,19+/m1/s1. The Bertz CT molecular complexity index is 787. The van der Waals surface area contributed by atoms with Gasteiger partial charge in [-0.05, 0) is 36.1 Å².